The third-order valence-electron chi connectivity index (χ3n) is 2.24. The van der Waals surface area contributed by atoms with Gasteiger partial charge in [-0.3, -0.25) is 0 Å². The van der Waals surface area contributed by atoms with E-state index in [1.54, 1.807) is 30.3 Å². The van der Waals surface area contributed by atoms with Gasteiger partial charge in [-0.25, -0.2) is 4.79 Å². The summed E-state index contributed by atoms with van der Waals surface area (Å²) in [6.45, 7) is 0. The van der Waals surface area contributed by atoms with E-state index in [4.69, 9.17) is 16.3 Å². The summed E-state index contributed by atoms with van der Waals surface area (Å²) < 4.78 is 5.11. The Labute approximate surface area is 110 Å². The lowest BCUT2D eigenvalue weighted by Gasteiger charge is -2.00. The Balaban J connectivity index is 1.97. The van der Waals surface area contributed by atoms with Gasteiger partial charge >= 0.3 is 5.97 Å². The molecule has 0 aliphatic carbocycles. The Morgan fingerprint density at radius 3 is 2.33 bits per heavy atom. The number of hydrogen-bond acceptors (Lipinski definition) is 2. The molecule has 0 heterocycles. The third-order valence-corrected chi connectivity index (χ3v) is 2.50. The zero-order valence-electron chi connectivity index (χ0n) is 9.55. The normalized spacial score (nSPS) is 10.5. The Morgan fingerprint density at radius 1 is 1.00 bits per heavy atom. The smallest absolute Gasteiger partial charge is 0.336 e. The molecule has 0 bridgehead atoms. The van der Waals surface area contributed by atoms with E-state index in [2.05, 4.69) is 0 Å². The average Bonchev–Trinajstić information content (AvgIpc) is 2.40. The minimum Gasteiger partial charge on any atom is -0.423 e. The lowest BCUT2D eigenvalue weighted by atomic mass is 10.2. The summed E-state index contributed by atoms with van der Waals surface area (Å²) in [5.74, 6) is 0.0586. The number of carbonyl (C=O) groups excluding carboxylic acids is 1. The molecule has 3 heteroatoms. The number of carbonyl (C=O) groups is 1. The topological polar surface area (TPSA) is 26.3 Å². The summed E-state index contributed by atoms with van der Waals surface area (Å²) in [4.78, 5) is 11.5. The van der Waals surface area contributed by atoms with Crippen molar-refractivity contribution in [3.63, 3.8) is 0 Å². The van der Waals surface area contributed by atoms with Crippen molar-refractivity contribution in [2.75, 3.05) is 0 Å². The highest BCUT2D eigenvalue weighted by Gasteiger charge is 1.99. The van der Waals surface area contributed by atoms with E-state index >= 15 is 0 Å². The summed E-state index contributed by atoms with van der Waals surface area (Å²) in [5.41, 5.74) is 0.950. The first kappa shape index (κ1) is 12.4. The van der Waals surface area contributed by atoms with Crippen LogP contribution in [0.5, 0.6) is 5.75 Å². The molecule has 0 aliphatic rings. The van der Waals surface area contributed by atoms with Crippen molar-refractivity contribution < 1.29 is 9.53 Å². The fourth-order valence-corrected chi connectivity index (χ4v) is 1.51. The van der Waals surface area contributed by atoms with Crippen molar-refractivity contribution in [2.24, 2.45) is 0 Å². The standard InChI is InChI=1S/C15H11ClO2/c16-13-7-9-14(10-8-13)18-15(17)11-6-12-4-2-1-3-5-12/h1-11H. The summed E-state index contributed by atoms with van der Waals surface area (Å²) in [5, 5.41) is 0.606. The van der Waals surface area contributed by atoms with E-state index in [-0.39, 0.29) is 0 Å². The van der Waals surface area contributed by atoms with Crippen LogP contribution in [0.3, 0.4) is 0 Å². The molecule has 0 unspecified atom stereocenters. The molecule has 0 fully saturated rings. The monoisotopic (exact) mass is 258 g/mol. The van der Waals surface area contributed by atoms with Gasteiger partial charge in [-0.1, -0.05) is 41.9 Å². The van der Waals surface area contributed by atoms with Crippen LogP contribution in [0.2, 0.25) is 5.02 Å². The molecule has 18 heavy (non-hydrogen) atoms. The highest BCUT2D eigenvalue weighted by molar-refractivity contribution is 6.30. The molecule has 2 nitrogen and oxygen atoms in total. The lowest BCUT2D eigenvalue weighted by Crippen LogP contribution is -2.03. The molecule has 0 atom stereocenters. The van der Waals surface area contributed by atoms with E-state index in [0.29, 0.717) is 10.8 Å². The van der Waals surface area contributed by atoms with Gasteiger partial charge in [0.15, 0.2) is 0 Å². The van der Waals surface area contributed by atoms with E-state index in [9.17, 15) is 4.79 Å². The molecule has 2 aromatic carbocycles. The molecule has 0 radical (unpaired) electrons. The van der Waals surface area contributed by atoms with Gasteiger partial charge in [-0.2, -0.15) is 0 Å². The third kappa shape index (κ3) is 3.75. The molecular formula is C15H11ClO2. The zero-order chi connectivity index (χ0) is 12.8. The van der Waals surface area contributed by atoms with Crippen molar-refractivity contribution in [3.8, 4) is 5.75 Å². The van der Waals surface area contributed by atoms with E-state index in [1.807, 2.05) is 30.3 Å². The van der Waals surface area contributed by atoms with Gasteiger partial charge in [0.25, 0.3) is 0 Å². The molecule has 2 aromatic rings. The van der Waals surface area contributed by atoms with Crippen molar-refractivity contribution >= 4 is 23.6 Å². The Hall–Kier alpha value is -2.06. The maximum Gasteiger partial charge on any atom is 0.336 e. The quantitative estimate of drug-likeness (QED) is 0.473. The molecule has 0 aromatic heterocycles. The second kappa shape index (κ2) is 6.03. The van der Waals surface area contributed by atoms with E-state index in [0.717, 1.165) is 5.56 Å². The maximum atomic E-state index is 11.5. The first-order chi connectivity index (χ1) is 8.74. The number of halogens is 1. The van der Waals surface area contributed by atoms with Crippen LogP contribution in [0.25, 0.3) is 6.08 Å². The SMILES string of the molecule is O=C(C=Cc1ccccc1)Oc1ccc(Cl)cc1. The fourth-order valence-electron chi connectivity index (χ4n) is 1.38. The Kier molecular flexibility index (Phi) is 4.15. The van der Waals surface area contributed by atoms with Gasteiger partial charge in [0.2, 0.25) is 0 Å². The summed E-state index contributed by atoms with van der Waals surface area (Å²) in [6, 6.07) is 16.2. The number of hydrogen-bond donors (Lipinski definition) is 0. The fraction of sp³-hybridized carbons (Fsp3) is 0. The van der Waals surface area contributed by atoms with E-state index in [1.165, 1.54) is 6.08 Å². The minimum absolute atomic E-state index is 0.416. The van der Waals surface area contributed by atoms with Crippen LogP contribution in [0, 0.1) is 0 Å². The lowest BCUT2D eigenvalue weighted by molar-refractivity contribution is -0.128. The van der Waals surface area contributed by atoms with Crippen molar-refractivity contribution in [2.45, 2.75) is 0 Å². The van der Waals surface area contributed by atoms with Gasteiger partial charge in [0.05, 0.1) is 0 Å². The van der Waals surface area contributed by atoms with Gasteiger partial charge in [-0.15, -0.1) is 0 Å². The predicted octanol–water partition coefficient (Wildman–Crippen LogP) is 3.96. The summed E-state index contributed by atoms with van der Waals surface area (Å²) >= 11 is 5.73. The largest absolute Gasteiger partial charge is 0.423 e. The molecule has 0 saturated carbocycles. The van der Waals surface area contributed by atoms with Crippen LogP contribution in [-0.4, -0.2) is 5.97 Å². The maximum absolute atomic E-state index is 11.5. The number of rotatable bonds is 3. The van der Waals surface area contributed by atoms with Crippen molar-refractivity contribution in [1.82, 2.24) is 0 Å². The van der Waals surface area contributed by atoms with Crippen LogP contribution >= 0.6 is 11.6 Å². The number of ether oxygens (including phenoxy) is 1. The average molecular weight is 259 g/mol. The number of benzene rings is 2. The van der Waals surface area contributed by atoms with Crippen LogP contribution in [0.1, 0.15) is 5.56 Å². The molecule has 2 rings (SSSR count). The molecule has 0 spiro atoms. The van der Waals surface area contributed by atoms with Gasteiger partial charge in [0.1, 0.15) is 5.75 Å². The number of esters is 1. The molecular weight excluding hydrogens is 248 g/mol. The Bertz CT molecular complexity index is 544. The van der Waals surface area contributed by atoms with Crippen LogP contribution < -0.4 is 4.74 Å². The molecule has 0 saturated heterocycles. The second-order valence-corrected chi connectivity index (χ2v) is 4.06. The zero-order valence-corrected chi connectivity index (χ0v) is 10.3. The molecule has 0 aliphatic heterocycles. The van der Waals surface area contributed by atoms with Crippen LogP contribution in [0.4, 0.5) is 0 Å². The highest BCUT2D eigenvalue weighted by atomic mass is 35.5. The highest BCUT2D eigenvalue weighted by Crippen LogP contribution is 2.15. The first-order valence-corrected chi connectivity index (χ1v) is 5.82. The summed E-state index contributed by atoms with van der Waals surface area (Å²) in [6.07, 6.45) is 3.10. The van der Waals surface area contributed by atoms with Crippen LogP contribution in [0.15, 0.2) is 60.7 Å². The molecule has 0 N–H and O–H groups in total. The van der Waals surface area contributed by atoms with Gasteiger partial charge < -0.3 is 4.74 Å². The van der Waals surface area contributed by atoms with Crippen molar-refractivity contribution in [1.29, 1.82) is 0 Å². The Morgan fingerprint density at radius 2 is 1.67 bits per heavy atom. The molecule has 0 amide bonds. The van der Waals surface area contributed by atoms with Crippen molar-refractivity contribution in [3.05, 3.63) is 71.3 Å². The van der Waals surface area contributed by atoms with Gasteiger partial charge in [-0.05, 0) is 35.9 Å². The van der Waals surface area contributed by atoms with Gasteiger partial charge in [0, 0.05) is 11.1 Å². The second-order valence-electron chi connectivity index (χ2n) is 3.62. The first-order valence-electron chi connectivity index (χ1n) is 5.44. The molecule has 90 valence electrons. The minimum atomic E-state index is -0.416. The summed E-state index contributed by atoms with van der Waals surface area (Å²) in [7, 11) is 0. The van der Waals surface area contributed by atoms with E-state index < -0.39 is 5.97 Å². The van der Waals surface area contributed by atoms with Crippen LogP contribution in [-0.2, 0) is 4.79 Å². The predicted molar refractivity (Wildman–Crippen MR) is 72.6 cm³/mol.